The maximum atomic E-state index is 12.0. The van der Waals surface area contributed by atoms with Gasteiger partial charge in [-0.25, -0.2) is 0 Å². The van der Waals surface area contributed by atoms with Crippen LogP contribution in [-0.4, -0.2) is 24.0 Å². The number of carbonyl (C=O) groups excluding carboxylic acids is 1. The van der Waals surface area contributed by atoms with Crippen molar-refractivity contribution in [1.82, 2.24) is 0 Å². The Labute approximate surface area is 159 Å². The average Bonchev–Trinajstić information content (AvgIpc) is 2.57. The molecule has 25 heavy (non-hydrogen) atoms. The average molecular weight is 378 g/mol. The molecule has 2 rings (SSSR count). The van der Waals surface area contributed by atoms with Crippen molar-refractivity contribution in [2.24, 2.45) is 0 Å². The molecule has 5 heteroatoms. The molecule has 2 aromatic carbocycles. The van der Waals surface area contributed by atoms with Crippen LogP contribution < -0.4 is 10.1 Å². The van der Waals surface area contributed by atoms with Crippen molar-refractivity contribution in [3.05, 3.63) is 58.6 Å². The number of thioether (sulfide) groups is 1. The Balaban J connectivity index is 1.66. The normalized spacial score (nSPS) is 10.8. The summed E-state index contributed by atoms with van der Waals surface area (Å²) in [6.07, 6.45) is 0. The van der Waals surface area contributed by atoms with Crippen molar-refractivity contribution in [2.75, 3.05) is 23.4 Å². The molecule has 0 fully saturated rings. The molecular formula is C20H24ClNO2S. The lowest BCUT2D eigenvalue weighted by Crippen LogP contribution is -2.15. The Kier molecular flexibility index (Phi) is 7.66. The van der Waals surface area contributed by atoms with Crippen molar-refractivity contribution in [1.29, 1.82) is 0 Å². The van der Waals surface area contributed by atoms with Crippen molar-refractivity contribution < 1.29 is 9.53 Å². The molecule has 0 atom stereocenters. The number of amides is 1. The summed E-state index contributed by atoms with van der Waals surface area (Å²) in [6.45, 7) is 6.85. The van der Waals surface area contributed by atoms with Crippen molar-refractivity contribution in [3.8, 4) is 5.75 Å². The molecule has 0 bridgehead atoms. The second-order valence-electron chi connectivity index (χ2n) is 6.13. The summed E-state index contributed by atoms with van der Waals surface area (Å²) in [6, 6.07) is 13.6. The minimum absolute atomic E-state index is 0.0169. The molecule has 0 unspecified atom stereocenters. The Morgan fingerprint density at radius 3 is 2.56 bits per heavy atom. The number of rotatable bonds is 8. The predicted molar refractivity (Wildman–Crippen MR) is 108 cm³/mol. The molecule has 0 heterocycles. The lowest BCUT2D eigenvalue weighted by molar-refractivity contribution is -0.113. The summed E-state index contributed by atoms with van der Waals surface area (Å²) in [4.78, 5) is 12.0. The molecule has 2 aromatic rings. The quantitative estimate of drug-likeness (QED) is 0.615. The molecular weight excluding hydrogens is 354 g/mol. The summed E-state index contributed by atoms with van der Waals surface area (Å²) < 4.78 is 5.71. The van der Waals surface area contributed by atoms with Crippen molar-refractivity contribution in [3.63, 3.8) is 0 Å². The molecule has 0 aliphatic rings. The summed E-state index contributed by atoms with van der Waals surface area (Å²) >= 11 is 7.47. The number of hydrogen-bond acceptors (Lipinski definition) is 3. The maximum Gasteiger partial charge on any atom is 0.234 e. The number of benzene rings is 2. The SMILES string of the molecule is Cc1cc(Cl)ccc1NC(=O)CSCCOc1ccc(C(C)C)cc1. The van der Waals surface area contributed by atoms with Gasteiger partial charge in [-0.3, -0.25) is 4.79 Å². The van der Waals surface area contributed by atoms with Crippen LogP contribution >= 0.6 is 23.4 Å². The van der Waals surface area contributed by atoms with Gasteiger partial charge in [-0.15, -0.1) is 11.8 Å². The summed E-state index contributed by atoms with van der Waals surface area (Å²) in [5.41, 5.74) is 3.06. The first-order chi connectivity index (χ1) is 12.0. The van der Waals surface area contributed by atoms with Crippen molar-refractivity contribution >= 4 is 35.0 Å². The minimum Gasteiger partial charge on any atom is -0.493 e. The van der Waals surface area contributed by atoms with Gasteiger partial charge >= 0.3 is 0 Å². The number of hydrogen-bond donors (Lipinski definition) is 1. The van der Waals surface area contributed by atoms with E-state index in [0.29, 0.717) is 23.3 Å². The molecule has 0 radical (unpaired) electrons. The van der Waals surface area contributed by atoms with E-state index in [0.717, 1.165) is 22.8 Å². The Hall–Kier alpha value is -1.65. The molecule has 134 valence electrons. The number of ether oxygens (including phenoxy) is 1. The molecule has 0 spiro atoms. The fourth-order valence-corrected chi connectivity index (χ4v) is 3.12. The highest BCUT2D eigenvalue weighted by Gasteiger charge is 2.06. The summed E-state index contributed by atoms with van der Waals surface area (Å²) in [5, 5.41) is 3.57. The largest absolute Gasteiger partial charge is 0.493 e. The molecule has 1 amide bonds. The molecule has 3 nitrogen and oxygen atoms in total. The van der Waals surface area contributed by atoms with Crippen LogP contribution in [-0.2, 0) is 4.79 Å². The molecule has 0 saturated carbocycles. The van der Waals surface area contributed by atoms with E-state index in [9.17, 15) is 4.79 Å². The first-order valence-electron chi connectivity index (χ1n) is 8.32. The third kappa shape index (κ3) is 6.63. The van der Waals surface area contributed by atoms with Crippen LogP contribution in [0.1, 0.15) is 30.9 Å². The first-order valence-corrected chi connectivity index (χ1v) is 9.85. The van der Waals surface area contributed by atoms with Gasteiger partial charge < -0.3 is 10.1 Å². The van der Waals surface area contributed by atoms with Crippen LogP contribution in [0.5, 0.6) is 5.75 Å². The van der Waals surface area contributed by atoms with Crippen LogP contribution in [0.3, 0.4) is 0 Å². The zero-order valence-electron chi connectivity index (χ0n) is 14.8. The minimum atomic E-state index is -0.0169. The van der Waals surface area contributed by atoms with Crippen molar-refractivity contribution in [2.45, 2.75) is 26.7 Å². The first kappa shape index (κ1) is 19.7. The summed E-state index contributed by atoms with van der Waals surface area (Å²) in [5.74, 6) is 2.53. The fraction of sp³-hybridized carbons (Fsp3) is 0.350. The number of anilines is 1. The zero-order chi connectivity index (χ0) is 18.2. The highest BCUT2D eigenvalue weighted by molar-refractivity contribution is 7.99. The molecule has 1 N–H and O–H groups in total. The highest BCUT2D eigenvalue weighted by Crippen LogP contribution is 2.20. The highest BCUT2D eigenvalue weighted by atomic mass is 35.5. The lowest BCUT2D eigenvalue weighted by Gasteiger charge is -2.10. The van der Waals surface area contributed by atoms with Gasteiger partial charge in [0.15, 0.2) is 0 Å². The van der Waals surface area contributed by atoms with Gasteiger partial charge in [-0.1, -0.05) is 37.6 Å². The van der Waals surface area contributed by atoms with Gasteiger partial charge in [-0.05, 0) is 54.3 Å². The van der Waals surface area contributed by atoms with E-state index in [2.05, 4.69) is 31.3 Å². The van der Waals surface area contributed by atoms with Crippen LogP contribution in [0.4, 0.5) is 5.69 Å². The van der Waals surface area contributed by atoms with Gasteiger partial charge in [0.05, 0.1) is 12.4 Å². The molecule has 0 aliphatic carbocycles. The predicted octanol–water partition coefficient (Wildman–Crippen LogP) is 5.52. The molecule has 0 saturated heterocycles. The smallest absolute Gasteiger partial charge is 0.234 e. The topological polar surface area (TPSA) is 38.3 Å². The Bertz CT molecular complexity index is 701. The molecule has 0 aliphatic heterocycles. The Morgan fingerprint density at radius 2 is 1.92 bits per heavy atom. The third-order valence-corrected chi connectivity index (χ3v) is 4.90. The van der Waals surface area contributed by atoms with Gasteiger partial charge in [0.25, 0.3) is 0 Å². The van der Waals surface area contributed by atoms with E-state index in [-0.39, 0.29) is 5.91 Å². The van der Waals surface area contributed by atoms with Crippen LogP contribution in [0.15, 0.2) is 42.5 Å². The molecule has 0 aromatic heterocycles. The standard InChI is InChI=1S/C20H24ClNO2S/c1-14(2)16-4-7-18(8-5-16)24-10-11-25-13-20(23)22-19-9-6-17(21)12-15(19)3/h4-9,12,14H,10-11,13H2,1-3H3,(H,22,23). The number of aryl methyl sites for hydroxylation is 1. The lowest BCUT2D eigenvalue weighted by atomic mass is 10.0. The van der Waals surface area contributed by atoms with Gasteiger partial charge in [0, 0.05) is 16.5 Å². The van der Waals surface area contributed by atoms with E-state index in [1.807, 2.05) is 31.2 Å². The van der Waals surface area contributed by atoms with Gasteiger partial charge in [-0.2, -0.15) is 0 Å². The van der Waals surface area contributed by atoms with Gasteiger partial charge in [0.2, 0.25) is 5.91 Å². The van der Waals surface area contributed by atoms with Gasteiger partial charge in [0.1, 0.15) is 5.75 Å². The number of halogens is 1. The van der Waals surface area contributed by atoms with Crippen LogP contribution in [0.25, 0.3) is 0 Å². The number of nitrogens with one attached hydrogen (secondary N) is 1. The second kappa shape index (κ2) is 9.73. The van der Waals surface area contributed by atoms with E-state index < -0.39 is 0 Å². The van der Waals surface area contributed by atoms with Crippen LogP contribution in [0, 0.1) is 6.92 Å². The van der Waals surface area contributed by atoms with E-state index in [1.165, 1.54) is 5.56 Å². The maximum absolute atomic E-state index is 12.0. The number of carbonyl (C=O) groups is 1. The Morgan fingerprint density at radius 1 is 1.20 bits per heavy atom. The van der Waals surface area contributed by atoms with E-state index in [4.69, 9.17) is 16.3 Å². The second-order valence-corrected chi connectivity index (χ2v) is 7.67. The third-order valence-electron chi connectivity index (χ3n) is 3.74. The monoisotopic (exact) mass is 377 g/mol. The van der Waals surface area contributed by atoms with E-state index in [1.54, 1.807) is 17.8 Å². The zero-order valence-corrected chi connectivity index (χ0v) is 16.4. The summed E-state index contributed by atoms with van der Waals surface area (Å²) in [7, 11) is 0. The fourth-order valence-electron chi connectivity index (χ4n) is 2.29. The van der Waals surface area contributed by atoms with Crippen LogP contribution in [0.2, 0.25) is 5.02 Å². The van der Waals surface area contributed by atoms with E-state index >= 15 is 0 Å².